The molecule has 1 aromatic rings. The second kappa shape index (κ2) is 3.14. The maximum atomic E-state index is 12.7. The largest absolute Gasteiger partial charge is 0.464 e. The van der Waals surface area contributed by atoms with Gasteiger partial charge in [0.25, 0.3) is 0 Å². The van der Waals surface area contributed by atoms with Gasteiger partial charge in [-0.2, -0.15) is 0 Å². The minimum Gasteiger partial charge on any atom is -0.464 e. The highest BCUT2D eigenvalue weighted by Gasteiger charge is 2.19. The molecule has 0 aliphatic heterocycles. The minimum absolute atomic E-state index is 0.0110. The number of rotatable bonds is 1. The Bertz CT molecular complexity index is 324. The Balaban J connectivity index is 3.22. The molecule has 1 rings (SSSR count). The van der Waals surface area contributed by atoms with Crippen LogP contribution < -0.4 is 5.84 Å². The third-order valence-electron chi connectivity index (χ3n) is 1.31. The van der Waals surface area contributed by atoms with Crippen LogP contribution >= 0.6 is 15.9 Å². The molecule has 0 saturated heterocycles. The lowest BCUT2D eigenvalue weighted by molar-refractivity contribution is 0.0589. The predicted octanol–water partition coefficient (Wildman–Crippen LogP) is 0.890. The zero-order valence-electron chi connectivity index (χ0n) is 6.17. The van der Waals surface area contributed by atoms with Crippen LogP contribution in [0, 0.1) is 5.82 Å². The average molecular weight is 237 g/mol. The van der Waals surface area contributed by atoms with Crippen LogP contribution in [-0.2, 0) is 4.74 Å². The number of nitrogen functional groups attached to an aromatic ring is 1. The number of hydrogen-bond acceptors (Lipinski definition) is 3. The van der Waals surface area contributed by atoms with Gasteiger partial charge in [-0.3, -0.25) is 4.68 Å². The SMILES string of the molecule is COC(=O)c1c(Br)c(F)cn1N. The zero-order chi connectivity index (χ0) is 9.30. The number of carbonyl (C=O) groups excluding carboxylic acids is 1. The molecule has 1 heterocycles. The molecule has 0 radical (unpaired) electrons. The number of aromatic nitrogens is 1. The molecule has 2 N–H and O–H groups in total. The van der Waals surface area contributed by atoms with Gasteiger partial charge in [0.15, 0.2) is 11.5 Å². The Hall–Kier alpha value is -1.04. The van der Waals surface area contributed by atoms with Crippen molar-refractivity contribution in [2.45, 2.75) is 0 Å². The lowest BCUT2D eigenvalue weighted by Crippen LogP contribution is -2.16. The summed E-state index contributed by atoms with van der Waals surface area (Å²) in [5.41, 5.74) is -0.0463. The molecule has 0 fully saturated rings. The average Bonchev–Trinajstić information content (AvgIpc) is 2.26. The van der Waals surface area contributed by atoms with Gasteiger partial charge >= 0.3 is 5.97 Å². The zero-order valence-corrected chi connectivity index (χ0v) is 7.76. The summed E-state index contributed by atoms with van der Waals surface area (Å²) >= 11 is 2.87. The van der Waals surface area contributed by atoms with Crippen molar-refractivity contribution in [3.05, 3.63) is 22.2 Å². The fourth-order valence-corrected chi connectivity index (χ4v) is 1.23. The highest BCUT2D eigenvalue weighted by atomic mass is 79.9. The smallest absolute Gasteiger partial charge is 0.357 e. The molecule has 0 amide bonds. The molecule has 0 bridgehead atoms. The second-order valence-corrected chi connectivity index (χ2v) is 2.83. The lowest BCUT2D eigenvalue weighted by atomic mass is 10.4. The van der Waals surface area contributed by atoms with E-state index in [2.05, 4.69) is 20.7 Å². The fourth-order valence-electron chi connectivity index (χ4n) is 0.761. The van der Waals surface area contributed by atoms with Crippen molar-refractivity contribution in [1.29, 1.82) is 0 Å². The van der Waals surface area contributed by atoms with E-state index in [-0.39, 0.29) is 10.2 Å². The standard InChI is InChI=1S/C6H6BrFN2O2/c1-12-6(11)5-4(7)3(8)2-10(5)9/h2H,9H2,1H3. The van der Waals surface area contributed by atoms with Crippen molar-refractivity contribution in [2.24, 2.45) is 0 Å². The Kier molecular flexibility index (Phi) is 2.37. The topological polar surface area (TPSA) is 57.2 Å². The molecular formula is C6H6BrFN2O2. The number of hydrogen-bond donors (Lipinski definition) is 1. The normalized spacial score (nSPS) is 9.92. The van der Waals surface area contributed by atoms with E-state index in [1.165, 1.54) is 7.11 Å². The molecule has 4 nitrogen and oxygen atoms in total. The Morgan fingerprint density at radius 1 is 1.83 bits per heavy atom. The third-order valence-corrected chi connectivity index (χ3v) is 2.06. The Morgan fingerprint density at radius 3 is 2.75 bits per heavy atom. The summed E-state index contributed by atoms with van der Waals surface area (Å²) in [5.74, 6) is 3.98. The summed E-state index contributed by atoms with van der Waals surface area (Å²) in [6, 6.07) is 0. The molecule has 6 heteroatoms. The first-order valence-electron chi connectivity index (χ1n) is 2.97. The minimum atomic E-state index is -0.687. The first kappa shape index (κ1) is 9.05. The maximum absolute atomic E-state index is 12.7. The summed E-state index contributed by atoms with van der Waals surface area (Å²) in [4.78, 5) is 10.9. The highest BCUT2D eigenvalue weighted by molar-refractivity contribution is 9.10. The monoisotopic (exact) mass is 236 g/mol. The van der Waals surface area contributed by atoms with Crippen LogP contribution in [0.3, 0.4) is 0 Å². The van der Waals surface area contributed by atoms with Crippen LogP contribution in [-0.4, -0.2) is 17.8 Å². The number of methoxy groups -OCH3 is 1. The van der Waals surface area contributed by atoms with Gasteiger partial charge < -0.3 is 10.6 Å². The maximum Gasteiger partial charge on any atom is 0.357 e. The van der Waals surface area contributed by atoms with Crippen LogP contribution in [0.25, 0.3) is 0 Å². The summed E-state index contributed by atoms with van der Waals surface area (Å²) in [6.07, 6.45) is 0.982. The van der Waals surface area contributed by atoms with Crippen molar-refractivity contribution in [2.75, 3.05) is 13.0 Å². The van der Waals surface area contributed by atoms with Gasteiger partial charge in [0.2, 0.25) is 0 Å². The van der Waals surface area contributed by atoms with Crippen molar-refractivity contribution < 1.29 is 13.9 Å². The summed E-state index contributed by atoms with van der Waals surface area (Å²) in [5, 5.41) is 0. The van der Waals surface area contributed by atoms with Gasteiger partial charge in [-0.1, -0.05) is 0 Å². The van der Waals surface area contributed by atoms with E-state index >= 15 is 0 Å². The van der Waals surface area contributed by atoms with E-state index in [1.807, 2.05) is 0 Å². The third kappa shape index (κ3) is 1.29. The number of nitrogens with two attached hydrogens (primary N) is 1. The van der Waals surface area contributed by atoms with Gasteiger partial charge in [0, 0.05) is 0 Å². The Labute approximate surface area is 76.2 Å². The molecule has 1 aromatic heterocycles. The summed E-state index contributed by atoms with van der Waals surface area (Å²) in [7, 11) is 1.19. The molecule has 0 aliphatic carbocycles. The molecule has 12 heavy (non-hydrogen) atoms. The van der Waals surface area contributed by atoms with Crippen LogP contribution in [0.1, 0.15) is 10.5 Å². The van der Waals surface area contributed by atoms with Crippen LogP contribution in [0.15, 0.2) is 10.7 Å². The quantitative estimate of drug-likeness (QED) is 0.582. The van der Waals surface area contributed by atoms with Crippen LogP contribution in [0.4, 0.5) is 4.39 Å². The van der Waals surface area contributed by atoms with E-state index in [4.69, 9.17) is 5.84 Å². The van der Waals surface area contributed by atoms with Crippen molar-refractivity contribution in [3.63, 3.8) is 0 Å². The predicted molar refractivity (Wildman–Crippen MR) is 43.6 cm³/mol. The molecule has 0 unspecified atom stereocenters. The molecule has 0 atom stereocenters. The van der Waals surface area contributed by atoms with Crippen molar-refractivity contribution >= 4 is 21.9 Å². The molecule has 66 valence electrons. The Morgan fingerprint density at radius 2 is 2.42 bits per heavy atom. The molecular weight excluding hydrogens is 231 g/mol. The molecule has 0 saturated carbocycles. The molecule has 0 spiro atoms. The van der Waals surface area contributed by atoms with Crippen molar-refractivity contribution in [1.82, 2.24) is 4.68 Å². The van der Waals surface area contributed by atoms with Crippen LogP contribution in [0.5, 0.6) is 0 Å². The van der Waals surface area contributed by atoms with Gasteiger partial charge in [-0.05, 0) is 15.9 Å². The molecule has 0 aromatic carbocycles. The van der Waals surface area contributed by atoms with E-state index in [9.17, 15) is 9.18 Å². The number of halogens is 2. The van der Waals surface area contributed by atoms with Crippen molar-refractivity contribution in [3.8, 4) is 0 Å². The first-order chi connectivity index (χ1) is 5.57. The van der Waals surface area contributed by atoms with E-state index in [0.717, 1.165) is 10.9 Å². The van der Waals surface area contributed by atoms with E-state index in [1.54, 1.807) is 0 Å². The number of carbonyl (C=O) groups is 1. The number of esters is 1. The summed E-state index contributed by atoms with van der Waals surface area (Å²) < 4.78 is 18.0. The molecule has 0 aliphatic rings. The number of nitrogens with zero attached hydrogens (tertiary/aromatic N) is 1. The lowest BCUT2D eigenvalue weighted by Gasteiger charge is -1.99. The van der Waals surface area contributed by atoms with Gasteiger partial charge in [0.1, 0.15) is 0 Å². The summed E-state index contributed by atoms with van der Waals surface area (Å²) in [6.45, 7) is 0. The van der Waals surface area contributed by atoms with E-state index < -0.39 is 11.8 Å². The van der Waals surface area contributed by atoms with Gasteiger partial charge in [0.05, 0.1) is 17.8 Å². The second-order valence-electron chi connectivity index (χ2n) is 2.04. The number of ether oxygens (including phenoxy) is 1. The first-order valence-corrected chi connectivity index (χ1v) is 3.77. The van der Waals surface area contributed by atoms with E-state index in [0.29, 0.717) is 0 Å². The highest BCUT2D eigenvalue weighted by Crippen LogP contribution is 2.21. The van der Waals surface area contributed by atoms with Gasteiger partial charge in [-0.25, -0.2) is 9.18 Å². The fraction of sp³-hybridized carbons (Fsp3) is 0.167. The van der Waals surface area contributed by atoms with Crippen LogP contribution in [0.2, 0.25) is 0 Å². The van der Waals surface area contributed by atoms with Gasteiger partial charge in [-0.15, -0.1) is 0 Å².